The van der Waals surface area contributed by atoms with Gasteiger partial charge in [-0.15, -0.1) is 0 Å². The van der Waals surface area contributed by atoms with Gasteiger partial charge in [0.15, 0.2) is 0 Å². The van der Waals surface area contributed by atoms with Crippen molar-refractivity contribution >= 4 is 5.69 Å². The summed E-state index contributed by atoms with van der Waals surface area (Å²) >= 11 is 0. The van der Waals surface area contributed by atoms with E-state index in [0.29, 0.717) is 0 Å². The van der Waals surface area contributed by atoms with Crippen LogP contribution >= 0.6 is 0 Å². The second-order valence-corrected chi connectivity index (χ2v) is 4.44. The standard InChI is InChI=1S/C14H22N2/c1-3-13-5-7-14(8-6-13)16-11-9-15(4-2)10-12-16/h5-8H,3-4,9-12H2,1-2H3. The highest BCUT2D eigenvalue weighted by atomic mass is 15.3. The molecule has 2 rings (SSSR count). The van der Waals surface area contributed by atoms with Crippen molar-refractivity contribution in [2.45, 2.75) is 20.3 Å². The molecule has 0 unspecified atom stereocenters. The summed E-state index contributed by atoms with van der Waals surface area (Å²) in [6, 6.07) is 9.03. The third-order valence-electron chi connectivity index (χ3n) is 3.53. The van der Waals surface area contributed by atoms with E-state index in [-0.39, 0.29) is 0 Å². The fourth-order valence-corrected chi connectivity index (χ4v) is 2.26. The molecule has 2 heteroatoms. The summed E-state index contributed by atoms with van der Waals surface area (Å²) in [5, 5.41) is 0. The zero-order chi connectivity index (χ0) is 11.4. The molecule has 16 heavy (non-hydrogen) atoms. The fourth-order valence-electron chi connectivity index (χ4n) is 2.26. The molecule has 0 atom stereocenters. The molecule has 0 amide bonds. The van der Waals surface area contributed by atoms with E-state index in [1.807, 2.05) is 0 Å². The van der Waals surface area contributed by atoms with E-state index in [1.165, 1.54) is 44.0 Å². The van der Waals surface area contributed by atoms with E-state index >= 15 is 0 Å². The van der Waals surface area contributed by atoms with Crippen molar-refractivity contribution in [1.29, 1.82) is 0 Å². The molecule has 1 saturated heterocycles. The minimum Gasteiger partial charge on any atom is -0.369 e. The number of anilines is 1. The minimum absolute atomic E-state index is 1.13. The maximum absolute atomic E-state index is 2.51. The van der Waals surface area contributed by atoms with Gasteiger partial charge in [0.05, 0.1) is 0 Å². The first-order chi connectivity index (χ1) is 7.83. The van der Waals surface area contributed by atoms with Crippen LogP contribution in [0.5, 0.6) is 0 Å². The van der Waals surface area contributed by atoms with Gasteiger partial charge in [0.2, 0.25) is 0 Å². The van der Waals surface area contributed by atoms with Crippen molar-refractivity contribution in [2.75, 3.05) is 37.6 Å². The van der Waals surface area contributed by atoms with Gasteiger partial charge < -0.3 is 9.80 Å². The van der Waals surface area contributed by atoms with Crippen LogP contribution in [0.1, 0.15) is 19.4 Å². The topological polar surface area (TPSA) is 6.48 Å². The lowest BCUT2D eigenvalue weighted by atomic mass is 10.1. The molecule has 0 radical (unpaired) electrons. The Kier molecular flexibility index (Phi) is 3.83. The molecule has 0 saturated carbocycles. The van der Waals surface area contributed by atoms with Crippen molar-refractivity contribution in [3.63, 3.8) is 0 Å². The highest BCUT2D eigenvalue weighted by molar-refractivity contribution is 5.48. The summed E-state index contributed by atoms with van der Waals surface area (Å²) in [5.41, 5.74) is 2.81. The average molecular weight is 218 g/mol. The number of nitrogens with zero attached hydrogens (tertiary/aromatic N) is 2. The van der Waals surface area contributed by atoms with Crippen molar-refractivity contribution < 1.29 is 0 Å². The Bertz CT molecular complexity index is 310. The molecule has 1 aliphatic heterocycles. The van der Waals surface area contributed by atoms with Crippen LogP contribution in [0.2, 0.25) is 0 Å². The van der Waals surface area contributed by atoms with Crippen LogP contribution in [-0.4, -0.2) is 37.6 Å². The summed E-state index contributed by atoms with van der Waals surface area (Å²) in [5.74, 6) is 0. The zero-order valence-electron chi connectivity index (χ0n) is 10.4. The number of hydrogen-bond donors (Lipinski definition) is 0. The molecule has 1 aliphatic rings. The van der Waals surface area contributed by atoms with Gasteiger partial charge in [-0.3, -0.25) is 0 Å². The van der Waals surface area contributed by atoms with Crippen molar-refractivity contribution in [3.8, 4) is 0 Å². The van der Waals surface area contributed by atoms with Crippen LogP contribution in [0.3, 0.4) is 0 Å². The lowest BCUT2D eigenvalue weighted by Crippen LogP contribution is -2.46. The number of likely N-dealkylation sites (N-methyl/N-ethyl adjacent to an activating group) is 1. The lowest BCUT2D eigenvalue weighted by Gasteiger charge is -2.35. The molecule has 1 fully saturated rings. The number of benzene rings is 1. The first kappa shape index (κ1) is 11.5. The molecule has 1 aromatic carbocycles. The van der Waals surface area contributed by atoms with E-state index in [1.54, 1.807) is 0 Å². The Morgan fingerprint density at radius 1 is 0.938 bits per heavy atom. The smallest absolute Gasteiger partial charge is 0.0367 e. The van der Waals surface area contributed by atoms with E-state index < -0.39 is 0 Å². The summed E-state index contributed by atoms with van der Waals surface area (Å²) in [6.45, 7) is 10.4. The Hall–Kier alpha value is -1.02. The first-order valence-electron chi connectivity index (χ1n) is 6.39. The van der Waals surface area contributed by atoms with E-state index in [9.17, 15) is 0 Å². The minimum atomic E-state index is 1.13. The van der Waals surface area contributed by atoms with Gasteiger partial charge in [0, 0.05) is 31.9 Å². The lowest BCUT2D eigenvalue weighted by molar-refractivity contribution is 0.271. The maximum Gasteiger partial charge on any atom is 0.0367 e. The van der Waals surface area contributed by atoms with Gasteiger partial charge in [-0.05, 0) is 30.7 Å². The van der Waals surface area contributed by atoms with E-state index in [4.69, 9.17) is 0 Å². The third-order valence-corrected chi connectivity index (χ3v) is 3.53. The van der Waals surface area contributed by atoms with Crippen molar-refractivity contribution in [2.24, 2.45) is 0 Å². The largest absolute Gasteiger partial charge is 0.369 e. The van der Waals surface area contributed by atoms with Crippen LogP contribution < -0.4 is 4.90 Å². The molecule has 1 heterocycles. The Labute approximate surface area is 98.9 Å². The monoisotopic (exact) mass is 218 g/mol. The third kappa shape index (κ3) is 2.56. The van der Waals surface area contributed by atoms with Gasteiger partial charge in [0.1, 0.15) is 0 Å². The predicted molar refractivity (Wildman–Crippen MR) is 70.1 cm³/mol. The molecule has 0 bridgehead atoms. The molecule has 1 aromatic rings. The van der Waals surface area contributed by atoms with Crippen molar-refractivity contribution in [1.82, 2.24) is 4.90 Å². The average Bonchev–Trinajstić information content (AvgIpc) is 2.39. The van der Waals surface area contributed by atoms with Gasteiger partial charge in [-0.25, -0.2) is 0 Å². The maximum atomic E-state index is 2.51. The fraction of sp³-hybridized carbons (Fsp3) is 0.571. The Balaban J connectivity index is 1.97. The molecule has 0 aliphatic carbocycles. The van der Waals surface area contributed by atoms with Crippen LogP contribution in [0.25, 0.3) is 0 Å². The van der Waals surface area contributed by atoms with Crippen molar-refractivity contribution in [3.05, 3.63) is 29.8 Å². The molecule has 88 valence electrons. The Morgan fingerprint density at radius 2 is 1.56 bits per heavy atom. The number of aryl methyl sites for hydroxylation is 1. The number of hydrogen-bond acceptors (Lipinski definition) is 2. The Morgan fingerprint density at radius 3 is 2.06 bits per heavy atom. The number of rotatable bonds is 3. The molecular formula is C14H22N2. The van der Waals surface area contributed by atoms with Gasteiger partial charge >= 0.3 is 0 Å². The quantitative estimate of drug-likeness (QED) is 0.768. The summed E-state index contributed by atoms with van der Waals surface area (Å²) in [7, 11) is 0. The molecular weight excluding hydrogens is 196 g/mol. The highest BCUT2D eigenvalue weighted by Gasteiger charge is 2.15. The number of piperazine rings is 1. The van der Waals surface area contributed by atoms with Gasteiger partial charge in [-0.2, -0.15) is 0 Å². The SMILES string of the molecule is CCc1ccc(N2CCN(CC)CC2)cc1. The molecule has 0 N–H and O–H groups in total. The first-order valence-corrected chi connectivity index (χ1v) is 6.39. The van der Waals surface area contributed by atoms with Gasteiger partial charge in [-0.1, -0.05) is 26.0 Å². The summed E-state index contributed by atoms with van der Waals surface area (Å²) in [4.78, 5) is 5.00. The normalized spacial score (nSPS) is 17.8. The molecule has 0 spiro atoms. The van der Waals surface area contributed by atoms with Crippen LogP contribution in [0, 0.1) is 0 Å². The van der Waals surface area contributed by atoms with Crippen LogP contribution in [0.4, 0.5) is 5.69 Å². The summed E-state index contributed by atoms with van der Waals surface area (Å²) < 4.78 is 0. The molecule has 2 nitrogen and oxygen atoms in total. The van der Waals surface area contributed by atoms with Gasteiger partial charge in [0.25, 0.3) is 0 Å². The van der Waals surface area contributed by atoms with Crippen LogP contribution in [-0.2, 0) is 6.42 Å². The highest BCUT2D eigenvalue weighted by Crippen LogP contribution is 2.17. The second kappa shape index (κ2) is 5.35. The van der Waals surface area contributed by atoms with E-state index in [0.717, 1.165) is 6.42 Å². The zero-order valence-corrected chi connectivity index (χ0v) is 10.4. The second-order valence-electron chi connectivity index (χ2n) is 4.44. The summed E-state index contributed by atoms with van der Waals surface area (Å²) in [6.07, 6.45) is 1.13. The molecule has 0 aromatic heterocycles. The van der Waals surface area contributed by atoms with Crippen LogP contribution in [0.15, 0.2) is 24.3 Å². The van der Waals surface area contributed by atoms with E-state index in [2.05, 4.69) is 47.9 Å². The predicted octanol–water partition coefficient (Wildman–Crippen LogP) is 2.39.